The van der Waals surface area contributed by atoms with Crippen molar-refractivity contribution < 1.29 is 19.5 Å². The third-order valence-electron chi connectivity index (χ3n) is 3.30. The predicted octanol–water partition coefficient (Wildman–Crippen LogP) is 0.0172. The highest BCUT2D eigenvalue weighted by Crippen LogP contribution is 2.22. The van der Waals surface area contributed by atoms with Gasteiger partial charge >= 0.3 is 12.0 Å². The lowest BCUT2D eigenvalue weighted by Crippen LogP contribution is -2.49. The maximum atomic E-state index is 11.6. The van der Waals surface area contributed by atoms with Crippen LogP contribution in [-0.4, -0.2) is 53.6 Å². The van der Waals surface area contributed by atoms with Crippen molar-refractivity contribution in [3.05, 3.63) is 0 Å². The summed E-state index contributed by atoms with van der Waals surface area (Å²) in [6, 6.07) is -0.476. The highest BCUT2D eigenvalue weighted by Gasteiger charge is 2.30. The lowest BCUT2D eigenvalue weighted by Gasteiger charge is -2.35. The van der Waals surface area contributed by atoms with Crippen LogP contribution in [0.15, 0.2) is 0 Å². The van der Waals surface area contributed by atoms with Crippen molar-refractivity contribution in [3.63, 3.8) is 0 Å². The molecule has 3 amide bonds. The topological polar surface area (TPSA) is 98.7 Å². The number of rotatable bonds is 4. The van der Waals surface area contributed by atoms with E-state index in [1.54, 1.807) is 6.92 Å². The third kappa shape index (κ3) is 4.86. The Morgan fingerprint density at radius 2 is 2.05 bits per heavy atom. The molecule has 0 spiro atoms. The first-order chi connectivity index (χ1) is 8.93. The van der Waals surface area contributed by atoms with Crippen LogP contribution in [0.1, 0.15) is 26.7 Å². The molecule has 1 fully saturated rings. The highest BCUT2D eigenvalue weighted by atomic mass is 16.4. The lowest BCUT2D eigenvalue weighted by molar-refractivity contribution is -0.144. The Balaban J connectivity index is 2.39. The van der Waals surface area contributed by atoms with E-state index in [4.69, 9.17) is 5.11 Å². The summed E-state index contributed by atoms with van der Waals surface area (Å²) in [7, 11) is 0. The molecule has 1 rings (SSSR count). The van der Waals surface area contributed by atoms with Gasteiger partial charge in [0.25, 0.3) is 0 Å². The van der Waals surface area contributed by atoms with E-state index in [1.807, 2.05) is 11.8 Å². The number of hydrogen-bond acceptors (Lipinski definition) is 4. The monoisotopic (exact) mass is 271 g/mol. The summed E-state index contributed by atoms with van der Waals surface area (Å²) in [5.41, 5.74) is 0. The van der Waals surface area contributed by atoms with E-state index in [0.29, 0.717) is 25.9 Å². The van der Waals surface area contributed by atoms with Gasteiger partial charge in [0, 0.05) is 12.6 Å². The van der Waals surface area contributed by atoms with Gasteiger partial charge in [0.05, 0.1) is 12.5 Å². The minimum atomic E-state index is -0.779. The van der Waals surface area contributed by atoms with Gasteiger partial charge in [-0.1, -0.05) is 0 Å². The van der Waals surface area contributed by atoms with Crippen molar-refractivity contribution in [2.45, 2.75) is 32.7 Å². The summed E-state index contributed by atoms with van der Waals surface area (Å²) in [5.74, 6) is -1.48. The first-order valence-corrected chi connectivity index (χ1v) is 6.48. The number of carbonyl (C=O) groups excluding carboxylic acids is 2. The Morgan fingerprint density at radius 1 is 1.37 bits per heavy atom. The molecule has 1 saturated heterocycles. The second-order valence-electron chi connectivity index (χ2n) is 4.79. The van der Waals surface area contributed by atoms with Crippen LogP contribution in [0.5, 0.6) is 0 Å². The van der Waals surface area contributed by atoms with Gasteiger partial charge < -0.3 is 10.4 Å². The molecule has 7 heteroatoms. The number of likely N-dealkylation sites (tertiary alicyclic amines) is 1. The van der Waals surface area contributed by atoms with Crippen LogP contribution in [-0.2, 0) is 9.59 Å². The van der Waals surface area contributed by atoms with E-state index in [1.165, 1.54) is 0 Å². The van der Waals surface area contributed by atoms with Crippen LogP contribution < -0.4 is 10.6 Å². The molecule has 0 aliphatic carbocycles. The van der Waals surface area contributed by atoms with E-state index < -0.39 is 12.0 Å². The van der Waals surface area contributed by atoms with Crippen molar-refractivity contribution in [1.29, 1.82) is 0 Å². The molecule has 108 valence electrons. The summed E-state index contributed by atoms with van der Waals surface area (Å²) < 4.78 is 0. The molecule has 0 aromatic carbocycles. The van der Waals surface area contributed by atoms with Gasteiger partial charge in [0.2, 0.25) is 5.91 Å². The van der Waals surface area contributed by atoms with Crippen LogP contribution in [0.3, 0.4) is 0 Å². The minimum absolute atomic E-state index is 0.0230. The Labute approximate surface area is 112 Å². The fraction of sp³-hybridized carbons (Fsp3) is 0.750. The normalized spacial score (nSPS) is 23.7. The molecule has 1 aliphatic rings. The van der Waals surface area contributed by atoms with Crippen LogP contribution in [0.25, 0.3) is 0 Å². The van der Waals surface area contributed by atoms with E-state index in [0.717, 1.165) is 0 Å². The Morgan fingerprint density at radius 3 is 2.58 bits per heavy atom. The minimum Gasteiger partial charge on any atom is -0.481 e. The number of nitrogens with one attached hydrogen (secondary N) is 2. The van der Waals surface area contributed by atoms with Crippen molar-refractivity contribution in [3.8, 4) is 0 Å². The van der Waals surface area contributed by atoms with Gasteiger partial charge in [-0.05, 0) is 33.2 Å². The van der Waals surface area contributed by atoms with Crippen LogP contribution >= 0.6 is 0 Å². The number of imide groups is 1. The molecule has 1 heterocycles. The molecular formula is C12H21N3O4. The molecule has 19 heavy (non-hydrogen) atoms. The van der Waals surface area contributed by atoms with E-state index in [-0.39, 0.29) is 24.4 Å². The first kappa shape index (κ1) is 15.4. The number of hydrogen-bond donors (Lipinski definition) is 3. The maximum absolute atomic E-state index is 11.6. The summed E-state index contributed by atoms with van der Waals surface area (Å²) >= 11 is 0. The van der Waals surface area contributed by atoms with Crippen molar-refractivity contribution in [2.24, 2.45) is 5.92 Å². The average Bonchev–Trinajstić information content (AvgIpc) is 2.31. The zero-order valence-electron chi connectivity index (χ0n) is 11.3. The molecule has 0 aromatic heterocycles. The Hall–Kier alpha value is -1.63. The molecule has 0 aromatic rings. The zero-order valence-corrected chi connectivity index (χ0v) is 11.3. The summed E-state index contributed by atoms with van der Waals surface area (Å²) in [6.45, 7) is 4.79. The lowest BCUT2D eigenvalue weighted by atomic mass is 9.92. The standard InChI is InChI=1S/C12H21N3O4/c1-3-13-12(19)14-10(16)7-15-5-4-9(11(17)18)6-8(15)2/h8-9H,3-7H2,1-2H3,(H,17,18)(H2,13,14,16,19). The number of urea groups is 1. The SMILES string of the molecule is CCNC(=O)NC(=O)CN1CCC(C(=O)O)CC1C. The molecule has 0 radical (unpaired) electrons. The third-order valence-corrected chi connectivity index (χ3v) is 3.30. The number of aliphatic carboxylic acids is 1. The summed E-state index contributed by atoms with van der Waals surface area (Å²) in [4.78, 5) is 35.6. The van der Waals surface area contributed by atoms with Gasteiger partial charge in [0.1, 0.15) is 0 Å². The molecule has 3 N–H and O–H groups in total. The Kier molecular flexibility index (Phi) is 5.75. The Bertz CT molecular complexity index is 359. The van der Waals surface area contributed by atoms with Crippen LogP contribution in [0, 0.1) is 5.92 Å². The first-order valence-electron chi connectivity index (χ1n) is 6.48. The van der Waals surface area contributed by atoms with Crippen molar-refractivity contribution in [2.75, 3.05) is 19.6 Å². The molecule has 7 nitrogen and oxygen atoms in total. The number of carbonyl (C=O) groups is 3. The fourth-order valence-corrected chi connectivity index (χ4v) is 2.24. The molecule has 1 aliphatic heterocycles. The van der Waals surface area contributed by atoms with Gasteiger partial charge in [-0.15, -0.1) is 0 Å². The van der Waals surface area contributed by atoms with E-state index in [2.05, 4.69) is 10.6 Å². The molecule has 2 unspecified atom stereocenters. The molecule has 2 atom stereocenters. The fourth-order valence-electron chi connectivity index (χ4n) is 2.24. The summed E-state index contributed by atoms with van der Waals surface area (Å²) in [6.07, 6.45) is 1.07. The number of nitrogens with zero attached hydrogens (tertiary/aromatic N) is 1. The zero-order chi connectivity index (χ0) is 14.4. The number of carboxylic acids is 1. The number of piperidine rings is 1. The van der Waals surface area contributed by atoms with Crippen LogP contribution in [0.4, 0.5) is 4.79 Å². The number of carboxylic acid groups (broad SMARTS) is 1. The van der Waals surface area contributed by atoms with Gasteiger partial charge in [-0.3, -0.25) is 19.8 Å². The second-order valence-corrected chi connectivity index (χ2v) is 4.79. The van der Waals surface area contributed by atoms with Gasteiger partial charge in [-0.25, -0.2) is 4.79 Å². The van der Waals surface area contributed by atoms with Crippen molar-refractivity contribution in [1.82, 2.24) is 15.5 Å². The smallest absolute Gasteiger partial charge is 0.321 e. The second kappa shape index (κ2) is 7.08. The van der Waals surface area contributed by atoms with Crippen LogP contribution in [0.2, 0.25) is 0 Å². The molecule has 0 saturated carbocycles. The van der Waals surface area contributed by atoms with E-state index in [9.17, 15) is 14.4 Å². The largest absolute Gasteiger partial charge is 0.481 e. The summed E-state index contributed by atoms with van der Waals surface area (Å²) in [5, 5.41) is 13.7. The maximum Gasteiger partial charge on any atom is 0.321 e. The number of amides is 3. The van der Waals surface area contributed by atoms with E-state index >= 15 is 0 Å². The molecular weight excluding hydrogens is 250 g/mol. The highest BCUT2D eigenvalue weighted by molar-refractivity contribution is 5.95. The van der Waals surface area contributed by atoms with Gasteiger partial charge in [-0.2, -0.15) is 0 Å². The van der Waals surface area contributed by atoms with Gasteiger partial charge in [0.15, 0.2) is 0 Å². The predicted molar refractivity (Wildman–Crippen MR) is 68.6 cm³/mol. The quantitative estimate of drug-likeness (QED) is 0.669. The average molecular weight is 271 g/mol. The molecule has 0 bridgehead atoms. The van der Waals surface area contributed by atoms with Crippen molar-refractivity contribution >= 4 is 17.9 Å².